The van der Waals surface area contributed by atoms with E-state index in [1.807, 2.05) is 17.5 Å². The minimum atomic E-state index is -0.688. The molecule has 0 radical (unpaired) electrons. The molecule has 1 atom stereocenters. The Bertz CT molecular complexity index is 594. The molecule has 0 aliphatic heterocycles. The summed E-state index contributed by atoms with van der Waals surface area (Å²) in [6.07, 6.45) is 0.472. The van der Waals surface area contributed by atoms with Crippen LogP contribution in [-0.4, -0.2) is 28.0 Å². The van der Waals surface area contributed by atoms with Gasteiger partial charge in [-0.3, -0.25) is 9.59 Å². The maximum atomic E-state index is 11.6. The predicted molar refractivity (Wildman–Crippen MR) is 72.7 cm³/mol. The van der Waals surface area contributed by atoms with Crippen LogP contribution in [0.1, 0.15) is 19.2 Å². The van der Waals surface area contributed by atoms with Gasteiger partial charge in [0.2, 0.25) is 23.5 Å². The van der Waals surface area contributed by atoms with Gasteiger partial charge in [-0.2, -0.15) is 4.98 Å². The van der Waals surface area contributed by atoms with Gasteiger partial charge in [0.25, 0.3) is 0 Å². The third-order valence-electron chi connectivity index (χ3n) is 2.58. The Balaban J connectivity index is 1.86. The SMILES string of the molecule is CC(NC(=O)CCc1nc(-c2cccs2)no1)C(N)=O. The molecule has 2 rings (SSSR count). The zero-order chi connectivity index (χ0) is 14.5. The molecule has 0 aliphatic rings. The van der Waals surface area contributed by atoms with Crippen molar-refractivity contribution in [1.82, 2.24) is 15.5 Å². The Hall–Kier alpha value is -2.22. The van der Waals surface area contributed by atoms with E-state index in [0.717, 1.165) is 4.88 Å². The molecule has 8 heteroatoms. The fourth-order valence-electron chi connectivity index (χ4n) is 1.47. The van der Waals surface area contributed by atoms with Crippen molar-refractivity contribution in [2.75, 3.05) is 0 Å². The van der Waals surface area contributed by atoms with Crippen LogP contribution in [0.2, 0.25) is 0 Å². The number of carbonyl (C=O) groups excluding carboxylic acids is 2. The zero-order valence-corrected chi connectivity index (χ0v) is 11.6. The average molecular weight is 294 g/mol. The van der Waals surface area contributed by atoms with E-state index < -0.39 is 11.9 Å². The molecule has 3 N–H and O–H groups in total. The summed E-state index contributed by atoms with van der Waals surface area (Å²) in [6.45, 7) is 1.53. The number of amides is 2. The standard InChI is InChI=1S/C12H14N4O3S/c1-7(11(13)18)14-9(17)4-5-10-15-12(16-19-10)8-3-2-6-20-8/h2-3,6-7H,4-5H2,1H3,(H2,13,18)(H,14,17). The highest BCUT2D eigenvalue weighted by molar-refractivity contribution is 7.13. The predicted octanol–water partition coefficient (Wildman–Crippen LogP) is 0.721. The van der Waals surface area contributed by atoms with Gasteiger partial charge < -0.3 is 15.6 Å². The Morgan fingerprint density at radius 2 is 2.35 bits per heavy atom. The molecular formula is C12H14N4O3S. The van der Waals surface area contributed by atoms with Crippen LogP contribution in [0, 0.1) is 0 Å². The fourth-order valence-corrected chi connectivity index (χ4v) is 2.12. The molecule has 2 heterocycles. The van der Waals surface area contributed by atoms with Crippen LogP contribution < -0.4 is 11.1 Å². The van der Waals surface area contributed by atoms with Gasteiger partial charge in [-0.1, -0.05) is 11.2 Å². The van der Waals surface area contributed by atoms with Crippen molar-refractivity contribution in [3.8, 4) is 10.7 Å². The topological polar surface area (TPSA) is 111 Å². The second kappa shape index (κ2) is 6.29. The highest BCUT2D eigenvalue weighted by Gasteiger charge is 2.14. The molecule has 7 nitrogen and oxygen atoms in total. The number of thiophene rings is 1. The van der Waals surface area contributed by atoms with E-state index in [0.29, 0.717) is 18.1 Å². The molecule has 0 saturated heterocycles. The molecule has 0 spiro atoms. The van der Waals surface area contributed by atoms with E-state index in [9.17, 15) is 9.59 Å². The van der Waals surface area contributed by atoms with Crippen LogP contribution in [0.15, 0.2) is 22.0 Å². The first-order valence-corrected chi connectivity index (χ1v) is 6.89. The van der Waals surface area contributed by atoms with Crippen LogP contribution in [0.5, 0.6) is 0 Å². The number of carbonyl (C=O) groups is 2. The normalized spacial score (nSPS) is 12.1. The van der Waals surface area contributed by atoms with E-state index in [1.165, 1.54) is 18.3 Å². The number of hydrogen-bond acceptors (Lipinski definition) is 6. The molecule has 1 unspecified atom stereocenters. The fraction of sp³-hybridized carbons (Fsp3) is 0.333. The molecule has 0 bridgehead atoms. The van der Waals surface area contributed by atoms with Crippen molar-refractivity contribution in [3.05, 3.63) is 23.4 Å². The Morgan fingerprint density at radius 1 is 1.55 bits per heavy atom. The highest BCUT2D eigenvalue weighted by atomic mass is 32.1. The minimum absolute atomic E-state index is 0.156. The van der Waals surface area contributed by atoms with Crippen molar-refractivity contribution in [2.24, 2.45) is 5.73 Å². The lowest BCUT2D eigenvalue weighted by molar-refractivity contribution is -0.127. The first-order chi connectivity index (χ1) is 9.56. The monoisotopic (exact) mass is 294 g/mol. The van der Waals surface area contributed by atoms with Crippen LogP contribution >= 0.6 is 11.3 Å². The van der Waals surface area contributed by atoms with Gasteiger partial charge in [-0.15, -0.1) is 11.3 Å². The zero-order valence-electron chi connectivity index (χ0n) is 10.8. The van der Waals surface area contributed by atoms with Gasteiger partial charge >= 0.3 is 0 Å². The van der Waals surface area contributed by atoms with E-state index in [1.54, 1.807) is 0 Å². The second-order valence-electron chi connectivity index (χ2n) is 4.18. The highest BCUT2D eigenvalue weighted by Crippen LogP contribution is 2.21. The summed E-state index contributed by atoms with van der Waals surface area (Å²) in [5.74, 6) is 0.0412. The van der Waals surface area contributed by atoms with Gasteiger partial charge in [-0.05, 0) is 18.4 Å². The number of nitrogens with one attached hydrogen (secondary N) is 1. The van der Waals surface area contributed by atoms with Crippen LogP contribution in [0.3, 0.4) is 0 Å². The number of primary amides is 1. The van der Waals surface area contributed by atoms with Crippen LogP contribution in [0.25, 0.3) is 10.7 Å². The van der Waals surface area contributed by atoms with Crippen molar-refractivity contribution in [2.45, 2.75) is 25.8 Å². The summed E-state index contributed by atoms with van der Waals surface area (Å²) in [5.41, 5.74) is 5.06. The molecular weight excluding hydrogens is 280 g/mol. The van der Waals surface area contributed by atoms with Gasteiger partial charge in [0.05, 0.1) is 4.88 Å². The summed E-state index contributed by atoms with van der Waals surface area (Å²) in [5, 5.41) is 8.25. The maximum Gasteiger partial charge on any atom is 0.239 e. The second-order valence-corrected chi connectivity index (χ2v) is 5.13. The van der Waals surface area contributed by atoms with E-state index in [-0.39, 0.29) is 12.3 Å². The number of aryl methyl sites for hydroxylation is 1. The third kappa shape index (κ3) is 3.64. The first-order valence-electron chi connectivity index (χ1n) is 6.01. The lowest BCUT2D eigenvalue weighted by Crippen LogP contribution is -2.42. The lowest BCUT2D eigenvalue weighted by atomic mass is 10.2. The van der Waals surface area contributed by atoms with Gasteiger partial charge in [0, 0.05) is 12.8 Å². The molecule has 20 heavy (non-hydrogen) atoms. The quantitative estimate of drug-likeness (QED) is 0.815. The molecule has 2 amide bonds. The van der Waals surface area contributed by atoms with Crippen molar-refractivity contribution in [1.29, 1.82) is 0 Å². The number of hydrogen-bond donors (Lipinski definition) is 2. The van der Waals surface area contributed by atoms with Crippen LogP contribution in [0.4, 0.5) is 0 Å². The average Bonchev–Trinajstić information content (AvgIpc) is 3.07. The maximum absolute atomic E-state index is 11.6. The van der Waals surface area contributed by atoms with Gasteiger partial charge in [0.1, 0.15) is 6.04 Å². The first kappa shape index (κ1) is 14.2. The molecule has 0 fully saturated rings. The van der Waals surface area contributed by atoms with E-state index >= 15 is 0 Å². The lowest BCUT2D eigenvalue weighted by Gasteiger charge is -2.08. The van der Waals surface area contributed by atoms with E-state index in [2.05, 4.69) is 15.5 Å². The molecule has 0 saturated carbocycles. The number of aromatic nitrogens is 2. The Labute approximate surface area is 119 Å². The van der Waals surface area contributed by atoms with E-state index in [4.69, 9.17) is 10.3 Å². The third-order valence-corrected chi connectivity index (χ3v) is 3.45. The summed E-state index contributed by atoms with van der Waals surface area (Å²) in [6, 6.07) is 3.10. The number of nitrogens with zero attached hydrogens (tertiary/aromatic N) is 2. The Morgan fingerprint density at radius 3 is 3.00 bits per heavy atom. The van der Waals surface area contributed by atoms with Gasteiger partial charge in [-0.25, -0.2) is 0 Å². The summed E-state index contributed by atoms with van der Waals surface area (Å²) in [4.78, 5) is 27.5. The van der Waals surface area contributed by atoms with Crippen molar-refractivity contribution < 1.29 is 14.1 Å². The van der Waals surface area contributed by atoms with Crippen molar-refractivity contribution in [3.63, 3.8) is 0 Å². The summed E-state index contributed by atoms with van der Waals surface area (Å²) in [7, 11) is 0. The molecule has 0 aromatic carbocycles. The molecule has 106 valence electrons. The number of nitrogens with two attached hydrogens (primary N) is 1. The Kier molecular flexibility index (Phi) is 4.46. The molecule has 2 aromatic rings. The number of rotatable bonds is 6. The van der Waals surface area contributed by atoms with Crippen molar-refractivity contribution >= 4 is 23.2 Å². The smallest absolute Gasteiger partial charge is 0.239 e. The molecule has 0 aliphatic carbocycles. The molecule has 2 aromatic heterocycles. The summed E-state index contributed by atoms with van der Waals surface area (Å²) >= 11 is 1.51. The van der Waals surface area contributed by atoms with Crippen LogP contribution in [-0.2, 0) is 16.0 Å². The summed E-state index contributed by atoms with van der Waals surface area (Å²) < 4.78 is 5.07. The minimum Gasteiger partial charge on any atom is -0.368 e. The largest absolute Gasteiger partial charge is 0.368 e. The van der Waals surface area contributed by atoms with Gasteiger partial charge in [0.15, 0.2) is 0 Å².